The van der Waals surface area contributed by atoms with Gasteiger partial charge in [0.1, 0.15) is 0 Å². The van der Waals surface area contributed by atoms with Gasteiger partial charge in [-0.15, -0.1) is 0 Å². The van der Waals surface area contributed by atoms with E-state index in [2.05, 4.69) is 10.3 Å². The number of rotatable bonds is 4. The first-order valence-corrected chi connectivity index (χ1v) is 5.82. The Bertz CT molecular complexity index is 562. The van der Waals surface area contributed by atoms with Gasteiger partial charge in [-0.1, -0.05) is 6.07 Å². The van der Waals surface area contributed by atoms with Crippen molar-refractivity contribution < 1.29 is 13.2 Å². The van der Waals surface area contributed by atoms with Crippen LogP contribution in [0, 0.1) is 24.4 Å². The van der Waals surface area contributed by atoms with E-state index in [9.17, 15) is 13.2 Å². The van der Waals surface area contributed by atoms with Crippen LogP contribution in [0.15, 0.2) is 30.5 Å². The first-order valence-electron chi connectivity index (χ1n) is 5.82. The maximum Gasteiger partial charge on any atom is 0.194 e. The Morgan fingerprint density at radius 1 is 1.11 bits per heavy atom. The van der Waals surface area contributed by atoms with Gasteiger partial charge < -0.3 is 5.32 Å². The van der Waals surface area contributed by atoms with Gasteiger partial charge in [0.25, 0.3) is 0 Å². The van der Waals surface area contributed by atoms with E-state index < -0.39 is 17.5 Å². The summed E-state index contributed by atoms with van der Waals surface area (Å²) in [7, 11) is 0. The van der Waals surface area contributed by atoms with E-state index in [0.717, 1.165) is 23.4 Å². The van der Waals surface area contributed by atoms with E-state index in [1.807, 2.05) is 19.1 Å². The molecule has 0 aliphatic carbocycles. The van der Waals surface area contributed by atoms with Crippen LogP contribution in [0.3, 0.4) is 0 Å². The summed E-state index contributed by atoms with van der Waals surface area (Å²) in [4.78, 5) is 4.19. The Morgan fingerprint density at radius 3 is 2.42 bits per heavy atom. The fourth-order valence-corrected chi connectivity index (χ4v) is 1.74. The highest BCUT2D eigenvalue weighted by Gasteiger charge is 2.10. The summed E-state index contributed by atoms with van der Waals surface area (Å²) < 4.78 is 38.8. The van der Waals surface area contributed by atoms with Crippen molar-refractivity contribution in [3.8, 4) is 0 Å². The van der Waals surface area contributed by atoms with Crippen LogP contribution in [-0.4, -0.2) is 4.98 Å². The number of pyridine rings is 1. The summed E-state index contributed by atoms with van der Waals surface area (Å²) in [5, 5.41) is 3.01. The molecule has 0 bridgehead atoms. The summed E-state index contributed by atoms with van der Waals surface area (Å²) in [6, 6.07) is 5.73. The maximum atomic E-state index is 13.0. The number of hydrogen-bond acceptors (Lipinski definition) is 2. The van der Waals surface area contributed by atoms with Crippen LogP contribution < -0.4 is 5.32 Å². The first kappa shape index (κ1) is 13.5. The molecule has 2 rings (SSSR count). The zero-order valence-electron chi connectivity index (χ0n) is 10.4. The van der Waals surface area contributed by atoms with Gasteiger partial charge in [0.05, 0.1) is 5.69 Å². The Labute approximate surface area is 109 Å². The number of nitrogens with one attached hydrogen (secondary N) is 1. The third-order valence-electron chi connectivity index (χ3n) is 2.78. The van der Waals surface area contributed by atoms with Crippen LogP contribution in [-0.2, 0) is 13.1 Å². The summed E-state index contributed by atoms with van der Waals surface area (Å²) >= 11 is 0. The smallest absolute Gasteiger partial charge is 0.194 e. The second-order valence-corrected chi connectivity index (χ2v) is 4.24. The quantitative estimate of drug-likeness (QED) is 0.860. The minimum Gasteiger partial charge on any atom is -0.307 e. The number of nitrogens with zero attached hydrogens (tertiary/aromatic N) is 1. The first-order chi connectivity index (χ1) is 9.08. The summed E-state index contributed by atoms with van der Waals surface area (Å²) in [5.74, 6) is -3.79. The van der Waals surface area contributed by atoms with E-state index in [1.165, 1.54) is 0 Å². The molecule has 0 unspecified atom stereocenters. The van der Waals surface area contributed by atoms with Gasteiger partial charge in [-0.05, 0) is 36.2 Å². The van der Waals surface area contributed by atoms with Gasteiger partial charge in [-0.2, -0.15) is 0 Å². The van der Waals surface area contributed by atoms with Crippen LogP contribution >= 0.6 is 0 Å². The van der Waals surface area contributed by atoms with Gasteiger partial charge in [0.15, 0.2) is 17.5 Å². The highest BCUT2D eigenvalue weighted by Crippen LogP contribution is 2.13. The fourth-order valence-electron chi connectivity index (χ4n) is 1.74. The van der Waals surface area contributed by atoms with Crippen molar-refractivity contribution in [3.63, 3.8) is 0 Å². The fraction of sp³-hybridized carbons (Fsp3) is 0.214. The van der Waals surface area contributed by atoms with Crippen molar-refractivity contribution in [1.82, 2.24) is 10.3 Å². The molecule has 2 nitrogen and oxygen atoms in total. The molecule has 5 heteroatoms. The molecular formula is C14H13F3N2. The van der Waals surface area contributed by atoms with E-state index in [-0.39, 0.29) is 6.54 Å². The maximum absolute atomic E-state index is 13.0. The predicted molar refractivity (Wildman–Crippen MR) is 65.8 cm³/mol. The van der Waals surface area contributed by atoms with Crippen molar-refractivity contribution in [2.24, 2.45) is 0 Å². The zero-order valence-corrected chi connectivity index (χ0v) is 10.4. The second-order valence-electron chi connectivity index (χ2n) is 4.24. The molecule has 0 saturated carbocycles. The summed E-state index contributed by atoms with van der Waals surface area (Å²) in [6.07, 6.45) is 1.68. The molecule has 0 radical (unpaired) electrons. The molecule has 0 fully saturated rings. The van der Waals surface area contributed by atoms with Crippen LogP contribution in [0.1, 0.15) is 16.8 Å². The van der Waals surface area contributed by atoms with Crippen molar-refractivity contribution >= 4 is 0 Å². The Hall–Kier alpha value is -1.88. The lowest BCUT2D eigenvalue weighted by molar-refractivity contribution is 0.444. The van der Waals surface area contributed by atoms with Crippen LogP contribution in [0.2, 0.25) is 0 Å². The highest BCUT2D eigenvalue weighted by molar-refractivity contribution is 5.20. The molecule has 1 heterocycles. The summed E-state index contributed by atoms with van der Waals surface area (Å²) in [5.41, 5.74) is 2.25. The van der Waals surface area contributed by atoms with Crippen molar-refractivity contribution in [2.45, 2.75) is 20.0 Å². The molecule has 1 N–H and O–H groups in total. The molecule has 100 valence electrons. The normalized spacial score (nSPS) is 10.7. The third kappa shape index (κ3) is 3.32. The number of aromatic nitrogens is 1. The van der Waals surface area contributed by atoms with E-state index >= 15 is 0 Å². The molecule has 0 saturated heterocycles. The van der Waals surface area contributed by atoms with Gasteiger partial charge >= 0.3 is 0 Å². The zero-order chi connectivity index (χ0) is 13.8. The topological polar surface area (TPSA) is 24.9 Å². The minimum atomic E-state index is -1.44. The minimum absolute atomic E-state index is 0.240. The Kier molecular flexibility index (Phi) is 4.16. The van der Waals surface area contributed by atoms with Crippen LogP contribution in [0.4, 0.5) is 13.2 Å². The SMILES string of the molecule is Cc1cccnc1CNCc1cc(F)c(F)c(F)c1. The molecule has 1 aromatic heterocycles. The monoisotopic (exact) mass is 266 g/mol. The molecule has 19 heavy (non-hydrogen) atoms. The Balaban J connectivity index is 1.98. The third-order valence-corrected chi connectivity index (χ3v) is 2.78. The molecule has 0 spiro atoms. The summed E-state index contributed by atoms with van der Waals surface area (Å²) in [6.45, 7) is 2.65. The largest absolute Gasteiger partial charge is 0.307 e. The molecule has 2 aromatic rings. The van der Waals surface area contributed by atoms with Crippen molar-refractivity contribution in [1.29, 1.82) is 0 Å². The molecule has 0 amide bonds. The van der Waals surface area contributed by atoms with Crippen molar-refractivity contribution in [2.75, 3.05) is 0 Å². The van der Waals surface area contributed by atoms with E-state index in [4.69, 9.17) is 0 Å². The van der Waals surface area contributed by atoms with Gasteiger partial charge in [-0.3, -0.25) is 4.98 Å². The molecular weight excluding hydrogens is 253 g/mol. The van der Waals surface area contributed by atoms with Gasteiger partial charge in [0.2, 0.25) is 0 Å². The average molecular weight is 266 g/mol. The molecule has 0 aliphatic rings. The van der Waals surface area contributed by atoms with Crippen molar-refractivity contribution in [3.05, 3.63) is 64.7 Å². The number of halogens is 3. The standard InChI is InChI=1S/C14H13F3N2/c1-9-3-2-4-19-13(9)8-18-7-10-5-11(15)14(17)12(16)6-10/h2-6,18H,7-8H2,1H3. The van der Waals surface area contributed by atoms with Crippen LogP contribution in [0.25, 0.3) is 0 Å². The lowest BCUT2D eigenvalue weighted by Crippen LogP contribution is -2.15. The molecule has 0 aliphatic heterocycles. The Morgan fingerprint density at radius 2 is 1.79 bits per heavy atom. The van der Waals surface area contributed by atoms with E-state index in [1.54, 1.807) is 6.20 Å². The van der Waals surface area contributed by atoms with E-state index in [0.29, 0.717) is 12.1 Å². The lowest BCUT2D eigenvalue weighted by atomic mass is 10.2. The number of benzene rings is 1. The second kappa shape index (κ2) is 5.84. The molecule has 1 aromatic carbocycles. The lowest BCUT2D eigenvalue weighted by Gasteiger charge is -2.07. The van der Waals surface area contributed by atoms with Gasteiger partial charge in [0, 0.05) is 19.3 Å². The number of aryl methyl sites for hydroxylation is 1. The predicted octanol–water partition coefficient (Wildman–Crippen LogP) is 3.10. The molecule has 0 atom stereocenters. The average Bonchev–Trinajstić information content (AvgIpc) is 2.38. The number of hydrogen-bond donors (Lipinski definition) is 1. The van der Waals surface area contributed by atoms with Gasteiger partial charge in [-0.25, -0.2) is 13.2 Å². The highest BCUT2D eigenvalue weighted by atomic mass is 19.2. The van der Waals surface area contributed by atoms with Crippen LogP contribution in [0.5, 0.6) is 0 Å².